The highest BCUT2D eigenvalue weighted by Gasteiger charge is 2.05. The Kier molecular flexibility index (Phi) is 51.6. The zero-order valence-electron chi connectivity index (χ0n) is 15.2. The molecule has 0 saturated carbocycles. The third-order valence-electron chi connectivity index (χ3n) is 1.10. The zero-order valence-corrected chi connectivity index (χ0v) is 41.4. The van der Waals surface area contributed by atoms with Crippen LogP contribution in [0.1, 0.15) is 6.92 Å². The number of rotatable bonds is 30. The lowest BCUT2D eigenvalue weighted by atomic mass is 10.9. The van der Waals surface area contributed by atoms with Gasteiger partial charge in [-0.2, -0.15) is 0 Å². The Balaban J connectivity index is 3.09. The molecule has 0 N–H and O–H groups in total. The minimum atomic E-state index is -1.80. The summed E-state index contributed by atoms with van der Waals surface area (Å²) < 4.78 is 5.38. The predicted molar refractivity (Wildman–Crippen MR) is 255 cm³/mol. The lowest BCUT2D eigenvalue weighted by molar-refractivity contribution is 0.402. The van der Waals surface area contributed by atoms with Gasteiger partial charge < -0.3 is 4.18 Å². The summed E-state index contributed by atoms with van der Waals surface area (Å²) >= 11 is 14.6. The van der Waals surface area contributed by atoms with E-state index in [0.29, 0.717) is 6.61 Å². The van der Waals surface area contributed by atoms with Gasteiger partial charge in [-0.3, -0.25) is 0 Å². The summed E-state index contributed by atoms with van der Waals surface area (Å²) in [5.41, 5.74) is 0. The molecule has 0 radical (unpaired) electrons. The van der Waals surface area contributed by atoms with Crippen molar-refractivity contribution < 1.29 is 4.18 Å². The van der Waals surface area contributed by atoms with Crippen molar-refractivity contribution in [2.24, 2.45) is 0 Å². The smallest absolute Gasteiger partial charge is 0.0820 e. The van der Waals surface area contributed by atoms with Crippen LogP contribution in [0, 0.1) is 0 Å². The minimum Gasteiger partial charge on any atom is -0.302 e. The Labute approximate surface area is 325 Å². The lowest BCUT2D eigenvalue weighted by Gasteiger charge is -2.06. The second-order valence-electron chi connectivity index (χ2n) is 2.73. The average Bonchev–Trinajstić information content (AvgIpc) is 2.83. The van der Waals surface area contributed by atoms with Crippen LogP contribution in [-0.2, 0) is 33.0 Å². The maximum absolute atomic E-state index is 5.38. The van der Waals surface area contributed by atoms with Crippen LogP contribution in [0.4, 0.5) is 0 Å². The Bertz CT molecular complexity index is 486. The minimum absolute atomic E-state index is 0.583. The van der Waals surface area contributed by atoms with Crippen molar-refractivity contribution in [3.63, 3.8) is 0 Å². The standard InChI is InChI=1S/C2H6OS32/c1-2-3-35(5,6)34-33-32-31-30-29-28-27-26-25-24-23-22-21-20-19-18-17-16-15-14-13-12-11-10-9-8-7-4/h4H,2H2,1H3. The van der Waals surface area contributed by atoms with Gasteiger partial charge in [-0.25, -0.2) is 0 Å². The highest BCUT2D eigenvalue weighted by Crippen LogP contribution is 2.66. The second kappa shape index (κ2) is 39.3. The molecule has 0 aliphatic carbocycles. The second-order valence-corrected chi connectivity index (χ2v) is 59.6. The third-order valence-corrected chi connectivity index (χ3v) is 67.9. The summed E-state index contributed by atoms with van der Waals surface area (Å²) in [6, 6.07) is 0. The molecule has 0 aromatic rings. The average molecular weight is 1070 g/mol. The van der Waals surface area contributed by atoms with Crippen molar-refractivity contribution >= 4 is 316 Å². The molecule has 0 atom stereocenters. The van der Waals surface area contributed by atoms with Gasteiger partial charge in [0.25, 0.3) is 0 Å². The van der Waals surface area contributed by atoms with Crippen LogP contribution in [0.3, 0.4) is 0 Å². The van der Waals surface area contributed by atoms with Crippen molar-refractivity contribution in [3.05, 3.63) is 0 Å². The molecule has 0 fully saturated rings. The molecule has 33 heteroatoms. The molecule has 0 aliphatic heterocycles. The van der Waals surface area contributed by atoms with Gasteiger partial charge in [0.2, 0.25) is 0 Å². The fourth-order valence-corrected chi connectivity index (χ4v) is 80.2. The molecule has 0 heterocycles. The fraction of sp³-hybridized carbons (Fsp3) is 1.00. The normalized spacial score (nSPS) is 11.9. The van der Waals surface area contributed by atoms with Gasteiger partial charge in [0.05, 0.1) is 13.1 Å². The topological polar surface area (TPSA) is 9.23 Å². The molecular weight excluding hydrogens is 1070 g/mol. The quantitative estimate of drug-likeness (QED) is 0.0415. The van der Waals surface area contributed by atoms with E-state index in [-0.39, 0.29) is 0 Å². The van der Waals surface area contributed by atoms with Gasteiger partial charge >= 0.3 is 0 Å². The van der Waals surface area contributed by atoms with Crippen LogP contribution < -0.4 is 0 Å². The summed E-state index contributed by atoms with van der Waals surface area (Å²) in [6.07, 6.45) is 0. The summed E-state index contributed by atoms with van der Waals surface area (Å²) in [5, 5.41) is 0. The molecule has 0 aromatic heterocycles. The zero-order chi connectivity index (χ0) is 25.7. The molecule has 0 rings (SSSR count). The molecule has 0 aromatic carbocycles. The lowest BCUT2D eigenvalue weighted by Crippen LogP contribution is -1.93. The van der Waals surface area contributed by atoms with E-state index in [1.165, 1.54) is 19.7 Å². The molecule has 0 spiro atoms. The largest absolute Gasteiger partial charge is 0.302 e. The van der Waals surface area contributed by atoms with Gasteiger partial charge in [-0.1, -0.05) is 11.7 Å². The van der Waals surface area contributed by atoms with Crippen LogP contribution in [0.25, 0.3) is 0 Å². The summed E-state index contributed by atoms with van der Waals surface area (Å²) in [5.74, 6) is 0. The van der Waals surface area contributed by atoms with Crippen molar-refractivity contribution in [2.45, 2.75) is 6.92 Å². The summed E-state index contributed by atoms with van der Waals surface area (Å²) in [7, 11) is 49.2. The van der Waals surface area contributed by atoms with E-state index in [1.54, 1.807) is 157 Å². The summed E-state index contributed by atoms with van der Waals surface area (Å²) in [6.45, 7) is 0.707. The van der Waals surface area contributed by atoms with Crippen LogP contribution in [0.2, 0.25) is 0 Å². The Morgan fingerprint density at radius 3 is 0.914 bits per heavy atom. The highest BCUT2D eigenvalue weighted by molar-refractivity contribution is 9.60. The molecule has 1 nitrogen and oxygen atoms in total. The van der Waals surface area contributed by atoms with E-state index in [1.807, 2.05) is 105 Å². The molecule has 0 unspecified atom stereocenters. The van der Waals surface area contributed by atoms with Gasteiger partial charge in [0, 0.05) is 197 Å². The van der Waals surface area contributed by atoms with Crippen molar-refractivity contribution in [1.82, 2.24) is 0 Å². The Morgan fingerprint density at radius 1 is 0.457 bits per heavy atom. The molecule has 0 amide bonds. The molecule has 0 aliphatic rings. The number of thiol groups is 1. The van der Waals surface area contributed by atoms with E-state index in [2.05, 4.69) is 11.7 Å². The third kappa shape index (κ3) is 41.0. The molecule has 0 bridgehead atoms. The van der Waals surface area contributed by atoms with Crippen LogP contribution in [0.15, 0.2) is 0 Å². The molecular formula is C2H6OS32. The first-order chi connectivity index (χ1) is 17.1. The number of hydrogen-bond donors (Lipinski definition) is 1. The van der Waals surface area contributed by atoms with Crippen LogP contribution in [-0.4, -0.2) is 6.61 Å². The monoisotopic (exact) mass is 1070 g/mol. The summed E-state index contributed by atoms with van der Waals surface area (Å²) in [4.78, 5) is 0. The van der Waals surface area contributed by atoms with Gasteiger partial charge in [-0.05, 0) is 108 Å². The van der Waals surface area contributed by atoms with Crippen LogP contribution in [0.5, 0.6) is 0 Å². The first-order valence-electron chi connectivity index (χ1n) is 6.35. The van der Waals surface area contributed by atoms with Crippen molar-refractivity contribution in [1.29, 1.82) is 0 Å². The predicted octanol–water partition coefficient (Wildman–Crippen LogP) is 19.0. The fourth-order valence-electron chi connectivity index (χ4n) is 0.494. The van der Waals surface area contributed by atoms with Gasteiger partial charge in [-0.15, -0.1) is 0 Å². The first kappa shape index (κ1) is 45.9. The Hall–Kier alpha value is 10.9. The number of hydrogen-bond acceptors (Lipinski definition) is 32. The maximum atomic E-state index is 5.38. The molecule has 0 saturated heterocycles. The van der Waals surface area contributed by atoms with Gasteiger partial charge in [0.1, 0.15) is 0 Å². The Morgan fingerprint density at radius 2 is 0.686 bits per heavy atom. The van der Waals surface area contributed by atoms with E-state index < -0.39 is 6.46 Å². The van der Waals surface area contributed by atoms with E-state index in [0.717, 1.165) is 0 Å². The van der Waals surface area contributed by atoms with Crippen LogP contribution >= 0.6 is 287 Å². The maximum Gasteiger partial charge on any atom is 0.0820 e. The van der Waals surface area contributed by atoms with Crippen molar-refractivity contribution in [3.8, 4) is 0 Å². The van der Waals surface area contributed by atoms with E-state index in [9.17, 15) is 0 Å². The van der Waals surface area contributed by atoms with Crippen molar-refractivity contribution in [2.75, 3.05) is 6.61 Å². The first-order valence-corrected chi connectivity index (χ1v) is 48.1. The molecule has 212 valence electrons. The molecule has 35 heavy (non-hydrogen) atoms. The highest BCUT2D eigenvalue weighted by atomic mass is 34.1. The SMILES string of the molecule is CCOS(=S)(=S)SSSSSSSSSSSSSSSSSSSSSSSSSSSSS. The van der Waals surface area contributed by atoms with E-state index in [4.69, 9.17) is 26.6 Å². The van der Waals surface area contributed by atoms with E-state index >= 15 is 0 Å². The van der Waals surface area contributed by atoms with Gasteiger partial charge in [0.15, 0.2) is 0 Å².